The second-order valence-electron chi connectivity index (χ2n) is 3.82. The summed E-state index contributed by atoms with van der Waals surface area (Å²) in [5.41, 5.74) is 0. The molecule has 0 aromatic carbocycles. The van der Waals surface area contributed by atoms with Crippen LogP contribution in [0.4, 0.5) is 0 Å². The molecule has 1 aliphatic rings. The number of rotatable bonds is 6. The van der Waals surface area contributed by atoms with E-state index >= 15 is 0 Å². The van der Waals surface area contributed by atoms with Crippen LogP contribution in [0.5, 0.6) is 0 Å². The molecule has 1 saturated heterocycles. The third-order valence-corrected chi connectivity index (χ3v) is 3.76. The molecule has 0 atom stereocenters. The molecule has 0 saturated carbocycles. The van der Waals surface area contributed by atoms with E-state index in [4.69, 9.17) is 4.74 Å². The summed E-state index contributed by atoms with van der Waals surface area (Å²) in [5, 5.41) is 2.84. The van der Waals surface area contributed by atoms with E-state index in [2.05, 4.69) is 5.32 Å². The van der Waals surface area contributed by atoms with Gasteiger partial charge in [0.25, 0.3) is 0 Å². The van der Waals surface area contributed by atoms with E-state index in [0.29, 0.717) is 31.2 Å². The first-order valence-electron chi connectivity index (χ1n) is 5.55. The van der Waals surface area contributed by atoms with E-state index in [9.17, 15) is 9.00 Å². The first-order valence-corrected chi connectivity index (χ1v) is 7.04. The fourth-order valence-electron chi connectivity index (χ4n) is 1.54. The zero-order chi connectivity index (χ0) is 11.8. The first kappa shape index (κ1) is 13.6. The van der Waals surface area contributed by atoms with E-state index in [1.165, 1.54) is 0 Å². The molecule has 1 N–H and O–H groups in total. The van der Waals surface area contributed by atoms with Crippen LogP contribution in [-0.4, -0.2) is 66.4 Å². The van der Waals surface area contributed by atoms with Crippen LogP contribution in [0.15, 0.2) is 0 Å². The number of carbonyl (C=O) groups is 1. The van der Waals surface area contributed by atoms with E-state index in [0.717, 1.165) is 19.5 Å². The number of hydrogen-bond acceptors (Lipinski definition) is 4. The second-order valence-corrected chi connectivity index (χ2v) is 5.52. The van der Waals surface area contributed by atoms with Crippen LogP contribution in [0.1, 0.15) is 6.42 Å². The van der Waals surface area contributed by atoms with Crippen molar-refractivity contribution < 1.29 is 13.7 Å². The summed E-state index contributed by atoms with van der Waals surface area (Å²) in [6.45, 7) is 3.27. The molecule has 0 aromatic heterocycles. The summed E-state index contributed by atoms with van der Waals surface area (Å²) < 4.78 is 16.0. The van der Waals surface area contributed by atoms with Crippen molar-refractivity contribution in [3.8, 4) is 0 Å². The zero-order valence-electron chi connectivity index (χ0n) is 9.74. The average molecular weight is 248 g/mol. The fraction of sp³-hybridized carbons (Fsp3) is 0.900. The highest BCUT2D eigenvalue weighted by Crippen LogP contribution is 1.98. The van der Waals surface area contributed by atoms with Gasteiger partial charge in [0, 0.05) is 55.7 Å². The van der Waals surface area contributed by atoms with Crippen LogP contribution in [0, 0.1) is 0 Å². The summed E-state index contributed by atoms with van der Waals surface area (Å²) in [6, 6.07) is 0. The molecule has 1 heterocycles. The van der Waals surface area contributed by atoms with Crippen molar-refractivity contribution in [1.82, 2.24) is 10.2 Å². The van der Waals surface area contributed by atoms with Gasteiger partial charge in [0.2, 0.25) is 5.91 Å². The maximum Gasteiger partial charge on any atom is 0.234 e. The Morgan fingerprint density at radius 3 is 2.75 bits per heavy atom. The molecule has 0 radical (unpaired) electrons. The van der Waals surface area contributed by atoms with Crippen LogP contribution in [0.25, 0.3) is 0 Å². The summed E-state index contributed by atoms with van der Waals surface area (Å²) in [5.74, 6) is 1.43. The Bertz CT molecular complexity index is 238. The lowest BCUT2D eigenvalue weighted by molar-refractivity contribution is -0.122. The topological polar surface area (TPSA) is 58.6 Å². The number of ether oxygens (including phenoxy) is 1. The molecule has 1 aliphatic heterocycles. The Kier molecular flexibility index (Phi) is 6.59. The SMILES string of the molecule is COCCCNC(=O)CN1CCS(=O)CC1. The van der Waals surface area contributed by atoms with E-state index < -0.39 is 10.8 Å². The number of amides is 1. The summed E-state index contributed by atoms with van der Waals surface area (Å²) >= 11 is 0. The van der Waals surface area contributed by atoms with Crippen molar-refractivity contribution in [2.75, 3.05) is 51.4 Å². The van der Waals surface area contributed by atoms with Crippen LogP contribution in [0.3, 0.4) is 0 Å². The monoisotopic (exact) mass is 248 g/mol. The average Bonchev–Trinajstić information content (AvgIpc) is 2.28. The Morgan fingerprint density at radius 1 is 1.44 bits per heavy atom. The molecular formula is C10H20N2O3S. The minimum Gasteiger partial charge on any atom is -0.385 e. The molecule has 1 amide bonds. The second kappa shape index (κ2) is 7.76. The van der Waals surface area contributed by atoms with Crippen molar-refractivity contribution in [3.05, 3.63) is 0 Å². The van der Waals surface area contributed by atoms with E-state index in [-0.39, 0.29) is 5.91 Å². The van der Waals surface area contributed by atoms with Gasteiger partial charge in [0.05, 0.1) is 6.54 Å². The maximum atomic E-state index is 11.5. The molecule has 6 heteroatoms. The third-order valence-electron chi connectivity index (χ3n) is 2.48. The molecular weight excluding hydrogens is 228 g/mol. The van der Waals surface area contributed by atoms with Gasteiger partial charge in [-0.05, 0) is 6.42 Å². The highest BCUT2D eigenvalue weighted by molar-refractivity contribution is 7.85. The molecule has 0 spiro atoms. The van der Waals surface area contributed by atoms with Crippen molar-refractivity contribution in [1.29, 1.82) is 0 Å². The molecule has 0 bridgehead atoms. The van der Waals surface area contributed by atoms with Crippen LogP contribution in [-0.2, 0) is 20.3 Å². The minimum atomic E-state index is -0.674. The quantitative estimate of drug-likeness (QED) is 0.626. The molecule has 1 rings (SSSR count). The van der Waals surface area contributed by atoms with Crippen molar-refractivity contribution in [2.24, 2.45) is 0 Å². The number of methoxy groups -OCH3 is 1. The highest BCUT2D eigenvalue weighted by Gasteiger charge is 2.16. The van der Waals surface area contributed by atoms with Gasteiger partial charge in [-0.3, -0.25) is 13.9 Å². The Labute approximate surface area is 99.0 Å². The number of carbonyl (C=O) groups excluding carboxylic acids is 1. The van der Waals surface area contributed by atoms with Gasteiger partial charge in [-0.25, -0.2) is 0 Å². The molecule has 16 heavy (non-hydrogen) atoms. The van der Waals surface area contributed by atoms with Crippen molar-refractivity contribution in [2.45, 2.75) is 6.42 Å². The summed E-state index contributed by atoms with van der Waals surface area (Å²) in [7, 11) is 0.975. The number of nitrogens with zero attached hydrogens (tertiary/aromatic N) is 1. The van der Waals surface area contributed by atoms with Crippen molar-refractivity contribution >= 4 is 16.7 Å². The van der Waals surface area contributed by atoms with Gasteiger partial charge in [-0.1, -0.05) is 0 Å². The van der Waals surface area contributed by atoms with Crippen molar-refractivity contribution in [3.63, 3.8) is 0 Å². The predicted octanol–water partition coefficient (Wildman–Crippen LogP) is -0.797. The van der Waals surface area contributed by atoms with E-state index in [1.807, 2.05) is 4.90 Å². The van der Waals surface area contributed by atoms with Gasteiger partial charge < -0.3 is 10.1 Å². The standard InChI is InChI=1S/C10H20N2O3S/c1-15-6-2-3-11-10(13)9-12-4-7-16(14)8-5-12/h2-9H2,1H3,(H,11,13). The summed E-state index contributed by atoms with van der Waals surface area (Å²) in [6.07, 6.45) is 0.840. The van der Waals surface area contributed by atoms with Crippen LogP contribution < -0.4 is 5.32 Å². The summed E-state index contributed by atoms with van der Waals surface area (Å²) in [4.78, 5) is 13.5. The maximum absolute atomic E-state index is 11.5. The number of hydrogen-bond donors (Lipinski definition) is 1. The van der Waals surface area contributed by atoms with Crippen LogP contribution in [0.2, 0.25) is 0 Å². The van der Waals surface area contributed by atoms with Gasteiger partial charge in [-0.15, -0.1) is 0 Å². The molecule has 0 unspecified atom stereocenters. The van der Waals surface area contributed by atoms with Crippen LogP contribution >= 0.6 is 0 Å². The Morgan fingerprint density at radius 2 is 2.12 bits per heavy atom. The third kappa shape index (κ3) is 5.58. The molecule has 0 aromatic rings. The van der Waals surface area contributed by atoms with Gasteiger partial charge in [-0.2, -0.15) is 0 Å². The molecule has 5 nitrogen and oxygen atoms in total. The highest BCUT2D eigenvalue weighted by atomic mass is 32.2. The minimum absolute atomic E-state index is 0.0452. The lowest BCUT2D eigenvalue weighted by Crippen LogP contribution is -2.44. The van der Waals surface area contributed by atoms with Gasteiger partial charge in [0.1, 0.15) is 0 Å². The zero-order valence-corrected chi connectivity index (χ0v) is 10.6. The first-order chi connectivity index (χ1) is 7.72. The lowest BCUT2D eigenvalue weighted by Gasteiger charge is -2.25. The largest absolute Gasteiger partial charge is 0.385 e. The molecule has 0 aliphatic carbocycles. The number of nitrogens with one attached hydrogen (secondary N) is 1. The van der Waals surface area contributed by atoms with Gasteiger partial charge >= 0.3 is 0 Å². The molecule has 1 fully saturated rings. The lowest BCUT2D eigenvalue weighted by atomic mass is 10.4. The normalized spacial score (nSPS) is 18.6. The Hall–Kier alpha value is -0.460. The Balaban J connectivity index is 2.07. The smallest absolute Gasteiger partial charge is 0.234 e. The molecule has 94 valence electrons. The van der Waals surface area contributed by atoms with Gasteiger partial charge in [0.15, 0.2) is 0 Å². The van der Waals surface area contributed by atoms with E-state index in [1.54, 1.807) is 7.11 Å². The predicted molar refractivity (Wildman–Crippen MR) is 63.8 cm³/mol. The fourth-order valence-corrected chi connectivity index (χ4v) is 2.66.